The highest BCUT2D eigenvalue weighted by Crippen LogP contribution is 2.26. The molecule has 1 aliphatic heterocycles. The second kappa shape index (κ2) is 8.64. The third-order valence-corrected chi connectivity index (χ3v) is 4.92. The molecule has 1 N–H and O–H groups in total. The van der Waals surface area contributed by atoms with Gasteiger partial charge in [-0.2, -0.15) is 10.1 Å². The minimum atomic E-state index is 0.624. The first kappa shape index (κ1) is 18.8. The fourth-order valence-corrected chi connectivity index (χ4v) is 3.33. The molecule has 1 fully saturated rings. The van der Waals surface area contributed by atoms with E-state index < -0.39 is 0 Å². The minimum absolute atomic E-state index is 0.624. The molecule has 3 aromatic rings. The molecular weight excluding hydrogens is 368 g/mol. The summed E-state index contributed by atoms with van der Waals surface area (Å²) >= 11 is 0. The van der Waals surface area contributed by atoms with Crippen molar-refractivity contribution in [3.8, 4) is 11.5 Å². The number of nitrogens with one attached hydrogen (secondary N) is 1. The van der Waals surface area contributed by atoms with Gasteiger partial charge in [0.2, 0.25) is 5.95 Å². The van der Waals surface area contributed by atoms with E-state index >= 15 is 0 Å². The van der Waals surface area contributed by atoms with E-state index in [-0.39, 0.29) is 0 Å². The first-order valence-electron chi connectivity index (χ1n) is 9.50. The Hall–Kier alpha value is -3.55. The van der Waals surface area contributed by atoms with Crippen LogP contribution >= 0.6 is 0 Å². The highest BCUT2D eigenvalue weighted by molar-refractivity contribution is 5.64. The van der Waals surface area contributed by atoms with E-state index in [1.807, 2.05) is 36.4 Å². The van der Waals surface area contributed by atoms with Gasteiger partial charge in [-0.05, 0) is 36.4 Å². The molecule has 0 unspecified atom stereocenters. The van der Waals surface area contributed by atoms with Crippen molar-refractivity contribution in [2.24, 2.45) is 0 Å². The third-order valence-electron chi connectivity index (χ3n) is 4.92. The van der Waals surface area contributed by atoms with Crippen LogP contribution in [0.2, 0.25) is 0 Å². The van der Waals surface area contributed by atoms with E-state index in [0.29, 0.717) is 11.8 Å². The van der Waals surface area contributed by atoms with Crippen LogP contribution in [0.1, 0.15) is 0 Å². The van der Waals surface area contributed by atoms with Crippen LogP contribution in [0.3, 0.4) is 0 Å². The second-order valence-electron chi connectivity index (χ2n) is 6.64. The van der Waals surface area contributed by atoms with Gasteiger partial charge in [0, 0.05) is 31.9 Å². The molecule has 8 nitrogen and oxygen atoms in total. The standard InChI is InChI=1S/C21H24N6O2/c1-28-17-9-7-16(8-10-17)26-11-13-27(14-12-26)21-24-20(15-22-25-21)23-18-5-3-4-6-19(18)29-2/h3-10,15H,11-14H2,1-2H3,(H,23,24,25). The number of aromatic nitrogens is 3. The van der Waals surface area contributed by atoms with Crippen molar-refractivity contribution in [2.75, 3.05) is 55.5 Å². The molecule has 1 aromatic heterocycles. The normalized spacial score (nSPS) is 13.9. The Bertz CT molecular complexity index is 942. The van der Waals surface area contributed by atoms with Gasteiger partial charge < -0.3 is 24.6 Å². The number of ether oxygens (including phenoxy) is 2. The van der Waals surface area contributed by atoms with Crippen molar-refractivity contribution in [1.29, 1.82) is 0 Å². The first-order valence-corrected chi connectivity index (χ1v) is 9.50. The average Bonchev–Trinajstić information content (AvgIpc) is 2.80. The number of rotatable bonds is 6. The molecule has 0 saturated carbocycles. The molecule has 0 bridgehead atoms. The molecule has 2 heterocycles. The van der Waals surface area contributed by atoms with Crippen LogP contribution in [0.5, 0.6) is 11.5 Å². The first-order chi connectivity index (χ1) is 14.3. The monoisotopic (exact) mass is 392 g/mol. The van der Waals surface area contributed by atoms with E-state index in [4.69, 9.17) is 9.47 Å². The minimum Gasteiger partial charge on any atom is -0.497 e. The highest BCUT2D eigenvalue weighted by atomic mass is 16.5. The number of para-hydroxylation sites is 2. The van der Waals surface area contributed by atoms with Gasteiger partial charge in [0.1, 0.15) is 11.5 Å². The quantitative estimate of drug-likeness (QED) is 0.686. The highest BCUT2D eigenvalue weighted by Gasteiger charge is 2.20. The maximum atomic E-state index is 5.38. The summed E-state index contributed by atoms with van der Waals surface area (Å²) in [5, 5.41) is 11.6. The zero-order valence-electron chi connectivity index (χ0n) is 16.6. The smallest absolute Gasteiger partial charge is 0.247 e. The molecule has 0 radical (unpaired) electrons. The number of hydrogen-bond acceptors (Lipinski definition) is 8. The van der Waals surface area contributed by atoms with Gasteiger partial charge in [0.15, 0.2) is 5.82 Å². The van der Waals surface area contributed by atoms with Crippen molar-refractivity contribution in [3.63, 3.8) is 0 Å². The maximum Gasteiger partial charge on any atom is 0.247 e. The SMILES string of the molecule is COc1ccc(N2CCN(c3nncc(Nc4ccccc4OC)n3)CC2)cc1. The van der Waals surface area contributed by atoms with Crippen molar-refractivity contribution in [3.05, 3.63) is 54.7 Å². The topological polar surface area (TPSA) is 75.6 Å². The molecule has 1 aliphatic rings. The number of hydrogen-bond donors (Lipinski definition) is 1. The third kappa shape index (κ3) is 4.31. The zero-order valence-corrected chi connectivity index (χ0v) is 16.6. The van der Waals surface area contributed by atoms with Crippen molar-refractivity contribution >= 4 is 23.1 Å². The number of piperazine rings is 1. The lowest BCUT2D eigenvalue weighted by Crippen LogP contribution is -2.47. The summed E-state index contributed by atoms with van der Waals surface area (Å²) in [6.45, 7) is 3.43. The van der Waals surface area contributed by atoms with Gasteiger partial charge in [0.05, 0.1) is 26.1 Å². The molecule has 29 heavy (non-hydrogen) atoms. The summed E-state index contributed by atoms with van der Waals surface area (Å²) in [4.78, 5) is 9.14. The Balaban J connectivity index is 1.41. The summed E-state index contributed by atoms with van der Waals surface area (Å²) < 4.78 is 10.6. The van der Waals surface area contributed by atoms with E-state index in [1.54, 1.807) is 20.4 Å². The molecular formula is C21H24N6O2. The molecule has 0 amide bonds. The molecule has 1 saturated heterocycles. The van der Waals surface area contributed by atoms with E-state index in [0.717, 1.165) is 43.4 Å². The fraction of sp³-hybridized carbons (Fsp3) is 0.286. The largest absolute Gasteiger partial charge is 0.497 e. The average molecular weight is 392 g/mol. The van der Waals surface area contributed by atoms with Crippen LogP contribution in [0.25, 0.3) is 0 Å². The van der Waals surface area contributed by atoms with Crippen LogP contribution in [0.4, 0.5) is 23.1 Å². The van der Waals surface area contributed by atoms with Crippen molar-refractivity contribution in [1.82, 2.24) is 15.2 Å². The van der Waals surface area contributed by atoms with E-state index in [9.17, 15) is 0 Å². The van der Waals surface area contributed by atoms with Crippen LogP contribution in [-0.2, 0) is 0 Å². The summed E-state index contributed by atoms with van der Waals surface area (Å²) in [7, 11) is 3.32. The lowest BCUT2D eigenvalue weighted by molar-refractivity contribution is 0.415. The van der Waals surface area contributed by atoms with Crippen molar-refractivity contribution < 1.29 is 9.47 Å². The van der Waals surface area contributed by atoms with Gasteiger partial charge in [0.25, 0.3) is 0 Å². The maximum absolute atomic E-state index is 5.38. The second-order valence-corrected chi connectivity index (χ2v) is 6.64. The Labute approximate surface area is 170 Å². The summed E-state index contributed by atoms with van der Waals surface area (Å²) in [6, 6.07) is 15.9. The lowest BCUT2D eigenvalue weighted by atomic mass is 10.2. The molecule has 150 valence electrons. The van der Waals surface area contributed by atoms with E-state index in [2.05, 4.69) is 42.4 Å². The molecule has 4 rings (SSSR count). The Kier molecular flexibility index (Phi) is 5.60. The van der Waals surface area contributed by atoms with Gasteiger partial charge in [-0.3, -0.25) is 0 Å². The molecule has 0 aliphatic carbocycles. The molecule has 0 spiro atoms. The lowest BCUT2D eigenvalue weighted by Gasteiger charge is -2.36. The van der Waals surface area contributed by atoms with Crippen LogP contribution < -0.4 is 24.6 Å². The van der Waals surface area contributed by atoms with Crippen LogP contribution in [-0.4, -0.2) is 55.6 Å². The summed E-state index contributed by atoms with van der Waals surface area (Å²) in [5.41, 5.74) is 2.03. The Morgan fingerprint density at radius 3 is 2.31 bits per heavy atom. The predicted molar refractivity (Wildman–Crippen MR) is 114 cm³/mol. The van der Waals surface area contributed by atoms with Crippen molar-refractivity contribution in [2.45, 2.75) is 0 Å². The predicted octanol–water partition coefficient (Wildman–Crippen LogP) is 2.96. The molecule has 2 aromatic carbocycles. The van der Waals surface area contributed by atoms with Crippen LogP contribution in [0.15, 0.2) is 54.7 Å². The van der Waals surface area contributed by atoms with Gasteiger partial charge in [-0.15, -0.1) is 5.10 Å². The summed E-state index contributed by atoms with van der Waals surface area (Å²) in [5.74, 6) is 2.88. The number of anilines is 4. The molecule has 8 heteroatoms. The zero-order chi connectivity index (χ0) is 20.1. The fourth-order valence-electron chi connectivity index (χ4n) is 3.33. The van der Waals surface area contributed by atoms with E-state index in [1.165, 1.54) is 5.69 Å². The van der Waals surface area contributed by atoms with Gasteiger partial charge in [-0.25, -0.2) is 0 Å². The summed E-state index contributed by atoms with van der Waals surface area (Å²) in [6.07, 6.45) is 1.61. The number of benzene rings is 2. The number of nitrogens with zero attached hydrogens (tertiary/aromatic N) is 5. The van der Waals surface area contributed by atoms with Crippen LogP contribution in [0, 0.1) is 0 Å². The molecule has 0 atom stereocenters. The number of methoxy groups -OCH3 is 2. The van der Waals surface area contributed by atoms with Gasteiger partial charge >= 0.3 is 0 Å². The Morgan fingerprint density at radius 2 is 1.59 bits per heavy atom. The Morgan fingerprint density at radius 1 is 0.862 bits per heavy atom. The van der Waals surface area contributed by atoms with Gasteiger partial charge in [-0.1, -0.05) is 12.1 Å².